The maximum atomic E-state index is 12.2. The first-order valence-electron chi connectivity index (χ1n) is 7.69. The van der Waals surface area contributed by atoms with Crippen LogP contribution in [0, 0.1) is 0 Å². The molecule has 0 spiro atoms. The Hall–Kier alpha value is -1.14. The molecule has 20 heavy (non-hydrogen) atoms. The van der Waals surface area contributed by atoms with Gasteiger partial charge in [-0.3, -0.25) is 14.5 Å². The van der Waals surface area contributed by atoms with Gasteiger partial charge in [0.2, 0.25) is 11.8 Å². The van der Waals surface area contributed by atoms with Gasteiger partial charge in [0.15, 0.2) is 0 Å². The lowest BCUT2D eigenvalue weighted by atomic mass is 10.0. The Labute approximate surface area is 120 Å². The zero-order valence-electron chi connectivity index (χ0n) is 12.1. The minimum atomic E-state index is -0.282. The van der Waals surface area contributed by atoms with Crippen molar-refractivity contribution in [3.05, 3.63) is 0 Å². The molecular formula is C14H26N4O2. The van der Waals surface area contributed by atoms with Crippen molar-refractivity contribution >= 4 is 11.8 Å². The minimum absolute atomic E-state index is 0.0267. The largest absolute Gasteiger partial charge is 0.369 e. The zero-order valence-corrected chi connectivity index (χ0v) is 12.1. The van der Waals surface area contributed by atoms with E-state index in [0.717, 1.165) is 51.7 Å². The van der Waals surface area contributed by atoms with E-state index in [4.69, 9.17) is 5.73 Å². The Morgan fingerprint density at radius 1 is 1.15 bits per heavy atom. The molecule has 0 saturated carbocycles. The highest BCUT2D eigenvalue weighted by Crippen LogP contribution is 2.12. The van der Waals surface area contributed by atoms with E-state index in [2.05, 4.69) is 15.5 Å². The summed E-state index contributed by atoms with van der Waals surface area (Å²) in [5.41, 5.74) is 5.19. The van der Waals surface area contributed by atoms with Crippen LogP contribution in [-0.2, 0) is 9.59 Å². The molecule has 2 aliphatic rings. The molecule has 2 saturated heterocycles. The molecule has 114 valence electrons. The van der Waals surface area contributed by atoms with Gasteiger partial charge >= 0.3 is 0 Å². The first kappa shape index (κ1) is 15.3. The number of carbonyl (C=O) groups excluding carboxylic acids is 2. The van der Waals surface area contributed by atoms with Crippen molar-refractivity contribution in [2.75, 3.05) is 26.2 Å². The number of nitrogens with zero attached hydrogens (tertiary/aromatic N) is 1. The van der Waals surface area contributed by atoms with Crippen LogP contribution in [0.3, 0.4) is 0 Å². The van der Waals surface area contributed by atoms with E-state index < -0.39 is 0 Å². The summed E-state index contributed by atoms with van der Waals surface area (Å²) in [6, 6.07) is 0.206. The summed E-state index contributed by atoms with van der Waals surface area (Å²) in [7, 11) is 0. The summed E-state index contributed by atoms with van der Waals surface area (Å²) in [5.74, 6) is -0.143. The second-order valence-electron chi connectivity index (χ2n) is 5.88. The smallest absolute Gasteiger partial charge is 0.237 e. The number of likely N-dealkylation sites (tertiary alicyclic amines) is 1. The minimum Gasteiger partial charge on any atom is -0.369 e. The SMILES string of the molecule is NC(=O)CN1CCC(NC(=O)C2CCCCCN2)CC1. The van der Waals surface area contributed by atoms with Gasteiger partial charge in [0.05, 0.1) is 12.6 Å². The van der Waals surface area contributed by atoms with E-state index in [9.17, 15) is 9.59 Å². The molecule has 0 aliphatic carbocycles. The number of hydrogen-bond acceptors (Lipinski definition) is 4. The van der Waals surface area contributed by atoms with Gasteiger partial charge in [-0.15, -0.1) is 0 Å². The fraction of sp³-hybridized carbons (Fsp3) is 0.857. The Morgan fingerprint density at radius 3 is 2.60 bits per heavy atom. The van der Waals surface area contributed by atoms with Crippen LogP contribution in [0.1, 0.15) is 38.5 Å². The summed E-state index contributed by atoms with van der Waals surface area (Å²) in [5, 5.41) is 6.47. The van der Waals surface area contributed by atoms with Crippen molar-refractivity contribution in [3.63, 3.8) is 0 Å². The van der Waals surface area contributed by atoms with Gasteiger partial charge < -0.3 is 16.4 Å². The Balaban J connectivity index is 1.71. The van der Waals surface area contributed by atoms with Crippen molar-refractivity contribution in [1.29, 1.82) is 0 Å². The Kier molecular flexibility index (Phi) is 5.79. The molecule has 6 nitrogen and oxygen atoms in total. The highest BCUT2D eigenvalue weighted by molar-refractivity contribution is 5.82. The van der Waals surface area contributed by atoms with Gasteiger partial charge in [-0.1, -0.05) is 12.8 Å². The number of rotatable bonds is 4. The van der Waals surface area contributed by atoms with Crippen LogP contribution in [0.25, 0.3) is 0 Å². The molecule has 2 aliphatic heterocycles. The van der Waals surface area contributed by atoms with Crippen LogP contribution in [0.5, 0.6) is 0 Å². The van der Waals surface area contributed by atoms with Crippen molar-refractivity contribution < 1.29 is 9.59 Å². The Bertz CT molecular complexity index is 332. The molecule has 0 aromatic carbocycles. The van der Waals surface area contributed by atoms with Crippen LogP contribution in [-0.4, -0.2) is 55.0 Å². The number of hydrogen-bond donors (Lipinski definition) is 3. The number of primary amides is 1. The predicted octanol–water partition coefficient (Wildman–Crippen LogP) is -0.415. The van der Waals surface area contributed by atoms with Crippen LogP contribution >= 0.6 is 0 Å². The maximum absolute atomic E-state index is 12.2. The zero-order chi connectivity index (χ0) is 14.4. The third kappa shape index (κ3) is 4.76. The molecule has 2 amide bonds. The highest BCUT2D eigenvalue weighted by Gasteiger charge is 2.25. The fourth-order valence-electron chi connectivity index (χ4n) is 3.01. The molecule has 6 heteroatoms. The first-order valence-corrected chi connectivity index (χ1v) is 7.69. The molecule has 0 bridgehead atoms. The average molecular weight is 282 g/mol. The third-order valence-electron chi connectivity index (χ3n) is 4.19. The summed E-state index contributed by atoms with van der Waals surface area (Å²) in [6.45, 7) is 2.91. The third-order valence-corrected chi connectivity index (χ3v) is 4.19. The van der Waals surface area contributed by atoms with Gasteiger partial charge in [-0.05, 0) is 32.2 Å². The summed E-state index contributed by atoms with van der Waals surface area (Å²) >= 11 is 0. The van der Waals surface area contributed by atoms with Crippen LogP contribution in [0.15, 0.2) is 0 Å². The molecular weight excluding hydrogens is 256 g/mol. The number of piperidine rings is 1. The van der Waals surface area contributed by atoms with E-state index in [0.29, 0.717) is 6.54 Å². The van der Waals surface area contributed by atoms with Crippen molar-refractivity contribution in [2.45, 2.75) is 50.6 Å². The van der Waals surface area contributed by atoms with Gasteiger partial charge in [-0.2, -0.15) is 0 Å². The summed E-state index contributed by atoms with van der Waals surface area (Å²) < 4.78 is 0. The maximum Gasteiger partial charge on any atom is 0.237 e. The van der Waals surface area contributed by atoms with Crippen molar-refractivity contribution in [3.8, 4) is 0 Å². The summed E-state index contributed by atoms with van der Waals surface area (Å²) in [4.78, 5) is 25.1. The van der Waals surface area contributed by atoms with E-state index in [1.54, 1.807) is 0 Å². The molecule has 0 radical (unpaired) electrons. The molecule has 2 fully saturated rings. The van der Waals surface area contributed by atoms with E-state index in [1.165, 1.54) is 6.42 Å². The van der Waals surface area contributed by atoms with Gasteiger partial charge in [0.25, 0.3) is 0 Å². The Morgan fingerprint density at radius 2 is 1.90 bits per heavy atom. The number of nitrogens with one attached hydrogen (secondary N) is 2. The molecule has 4 N–H and O–H groups in total. The number of amides is 2. The van der Waals surface area contributed by atoms with Crippen molar-refractivity contribution in [1.82, 2.24) is 15.5 Å². The van der Waals surface area contributed by atoms with Crippen molar-refractivity contribution in [2.24, 2.45) is 5.73 Å². The van der Waals surface area contributed by atoms with Gasteiger partial charge in [-0.25, -0.2) is 0 Å². The highest BCUT2D eigenvalue weighted by atomic mass is 16.2. The lowest BCUT2D eigenvalue weighted by Crippen LogP contribution is -2.51. The van der Waals surface area contributed by atoms with Crippen LogP contribution < -0.4 is 16.4 Å². The number of nitrogens with two attached hydrogens (primary N) is 1. The normalized spacial score (nSPS) is 25.9. The molecule has 0 aromatic heterocycles. The standard InChI is InChI=1S/C14H26N4O2/c15-13(19)10-18-8-5-11(6-9-18)17-14(20)12-4-2-1-3-7-16-12/h11-12,16H,1-10H2,(H2,15,19)(H,17,20). The quantitative estimate of drug-likeness (QED) is 0.654. The first-order chi connectivity index (χ1) is 9.65. The van der Waals surface area contributed by atoms with Crippen LogP contribution in [0.2, 0.25) is 0 Å². The van der Waals surface area contributed by atoms with Gasteiger partial charge in [0.1, 0.15) is 0 Å². The molecule has 0 aromatic rings. The summed E-state index contributed by atoms with van der Waals surface area (Å²) in [6.07, 6.45) is 6.23. The van der Waals surface area contributed by atoms with Crippen LogP contribution in [0.4, 0.5) is 0 Å². The van der Waals surface area contributed by atoms with E-state index in [1.807, 2.05) is 0 Å². The topological polar surface area (TPSA) is 87.5 Å². The second-order valence-corrected chi connectivity index (χ2v) is 5.88. The van der Waals surface area contributed by atoms with Gasteiger partial charge in [0, 0.05) is 19.1 Å². The molecule has 1 unspecified atom stereocenters. The molecule has 1 atom stereocenters. The lowest BCUT2D eigenvalue weighted by molar-refractivity contribution is -0.124. The predicted molar refractivity (Wildman–Crippen MR) is 77.1 cm³/mol. The second kappa shape index (κ2) is 7.59. The molecule has 2 rings (SSSR count). The number of carbonyl (C=O) groups is 2. The monoisotopic (exact) mass is 282 g/mol. The van der Waals surface area contributed by atoms with E-state index in [-0.39, 0.29) is 23.9 Å². The fourth-order valence-corrected chi connectivity index (χ4v) is 3.01. The lowest BCUT2D eigenvalue weighted by Gasteiger charge is -2.32. The average Bonchev–Trinajstić information content (AvgIpc) is 2.69. The molecule has 2 heterocycles. The van der Waals surface area contributed by atoms with E-state index >= 15 is 0 Å².